The molecular weight excluding hydrogens is 268 g/mol. The second-order valence-corrected chi connectivity index (χ2v) is 4.79. The van der Waals surface area contributed by atoms with E-state index >= 15 is 0 Å². The molecule has 21 heavy (non-hydrogen) atoms. The van der Waals surface area contributed by atoms with E-state index in [2.05, 4.69) is 0 Å². The van der Waals surface area contributed by atoms with E-state index in [4.69, 9.17) is 4.74 Å². The highest BCUT2D eigenvalue weighted by Gasteiger charge is 2.49. The summed E-state index contributed by atoms with van der Waals surface area (Å²) in [4.78, 5) is 23.6. The van der Waals surface area contributed by atoms with Gasteiger partial charge in [-0.25, -0.2) is 0 Å². The molecule has 1 aromatic rings. The summed E-state index contributed by atoms with van der Waals surface area (Å²) in [6, 6.07) is 4.77. The molecular formula is C17H24O4. The molecule has 1 heterocycles. The molecule has 1 fully saturated rings. The van der Waals surface area contributed by atoms with Gasteiger partial charge in [0.15, 0.2) is 5.78 Å². The van der Waals surface area contributed by atoms with E-state index in [9.17, 15) is 14.7 Å². The van der Waals surface area contributed by atoms with Crippen molar-refractivity contribution >= 4 is 11.8 Å². The van der Waals surface area contributed by atoms with Gasteiger partial charge in [0.05, 0.1) is 11.8 Å². The third kappa shape index (κ3) is 3.26. The van der Waals surface area contributed by atoms with Gasteiger partial charge >= 0.3 is 5.97 Å². The van der Waals surface area contributed by atoms with Gasteiger partial charge in [0.1, 0.15) is 12.4 Å². The molecule has 2 aliphatic rings. The molecule has 1 aliphatic carbocycles. The van der Waals surface area contributed by atoms with Crippen LogP contribution < -0.4 is 0 Å². The molecule has 1 unspecified atom stereocenters. The van der Waals surface area contributed by atoms with Crippen molar-refractivity contribution in [1.82, 2.24) is 0 Å². The van der Waals surface area contributed by atoms with Crippen LogP contribution in [0.4, 0.5) is 0 Å². The van der Waals surface area contributed by atoms with Crippen LogP contribution in [-0.2, 0) is 16.0 Å². The number of cyclic esters (lactones) is 1. The molecule has 1 aliphatic heterocycles. The largest absolute Gasteiger partial charge is 0.508 e. The van der Waals surface area contributed by atoms with Gasteiger partial charge in [0.25, 0.3) is 0 Å². The minimum Gasteiger partial charge on any atom is -0.508 e. The number of hydrogen-bond acceptors (Lipinski definition) is 4. The van der Waals surface area contributed by atoms with Crippen LogP contribution in [0, 0.1) is 5.41 Å². The minimum atomic E-state index is -0.652. The van der Waals surface area contributed by atoms with Crippen molar-refractivity contribution in [2.75, 3.05) is 6.61 Å². The van der Waals surface area contributed by atoms with Crippen molar-refractivity contribution in [2.24, 2.45) is 5.41 Å². The highest BCUT2D eigenvalue weighted by atomic mass is 16.5. The SMILES string of the molecule is CC.CC.O=C1CC2(CCc3cc(O)ccc3C2=O)CO1. The summed E-state index contributed by atoms with van der Waals surface area (Å²) in [5.74, 6) is -0.142. The Morgan fingerprint density at radius 3 is 2.38 bits per heavy atom. The van der Waals surface area contributed by atoms with Gasteiger partial charge in [-0.05, 0) is 36.6 Å². The molecule has 1 atom stereocenters. The lowest BCUT2D eigenvalue weighted by atomic mass is 9.70. The summed E-state index contributed by atoms with van der Waals surface area (Å²) >= 11 is 0. The van der Waals surface area contributed by atoms with E-state index in [-0.39, 0.29) is 30.5 Å². The first-order valence-corrected chi connectivity index (χ1v) is 7.63. The smallest absolute Gasteiger partial charge is 0.306 e. The number of Topliss-reactive ketones (excluding diaryl/α,β-unsaturated/α-hetero) is 1. The maximum atomic E-state index is 12.4. The van der Waals surface area contributed by atoms with Gasteiger partial charge in [-0.15, -0.1) is 0 Å². The minimum absolute atomic E-state index is 0.0235. The molecule has 3 rings (SSSR count). The van der Waals surface area contributed by atoms with E-state index in [0.717, 1.165) is 5.56 Å². The number of benzene rings is 1. The summed E-state index contributed by atoms with van der Waals surface area (Å²) in [6.07, 6.45) is 1.51. The zero-order chi connectivity index (χ0) is 16.0. The second-order valence-electron chi connectivity index (χ2n) is 4.79. The standard InChI is InChI=1S/C13H12O4.2C2H6/c14-9-1-2-10-8(5-9)3-4-13(12(10)16)6-11(15)17-7-13;2*1-2/h1-2,5,14H,3-4,6-7H2;2*1-2H3. The Bertz CT molecular complexity index is 522. The first-order chi connectivity index (χ1) is 10.1. The number of fused-ring (bicyclic) bond motifs is 1. The van der Waals surface area contributed by atoms with E-state index < -0.39 is 5.41 Å². The molecule has 1 spiro atoms. The first-order valence-electron chi connectivity index (χ1n) is 7.63. The van der Waals surface area contributed by atoms with E-state index in [1.807, 2.05) is 27.7 Å². The molecule has 4 nitrogen and oxygen atoms in total. The highest BCUT2D eigenvalue weighted by molar-refractivity contribution is 6.05. The van der Waals surface area contributed by atoms with Gasteiger partial charge in [-0.3, -0.25) is 9.59 Å². The molecule has 116 valence electrons. The molecule has 1 saturated heterocycles. The molecule has 0 bridgehead atoms. The first kappa shape index (κ1) is 17.2. The van der Waals surface area contributed by atoms with Gasteiger partial charge in [-0.2, -0.15) is 0 Å². The number of phenolic OH excluding ortho intramolecular Hbond substituents is 1. The maximum Gasteiger partial charge on any atom is 0.306 e. The molecule has 0 saturated carbocycles. The normalized spacial score (nSPS) is 22.5. The quantitative estimate of drug-likeness (QED) is 0.743. The van der Waals surface area contributed by atoms with Crippen LogP contribution in [0.25, 0.3) is 0 Å². The van der Waals surface area contributed by atoms with Crippen LogP contribution in [0.1, 0.15) is 56.5 Å². The number of carbonyl (C=O) groups excluding carboxylic acids is 2. The summed E-state index contributed by atoms with van der Waals surface area (Å²) in [5.41, 5.74) is 0.827. The van der Waals surface area contributed by atoms with Crippen molar-refractivity contribution in [3.8, 4) is 5.75 Å². The zero-order valence-electron chi connectivity index (χ0n) is 13.2. The van der Waals surface area contributed by atoms with Crippen LogP contribution in [0.3, 0.4) is 0 Å². The summed E-state index contributed by atoms with van der Waals surface area (Å²) < 4.78 is 4.95. The van der Waals surface area contributed by atoms with Crippen molar-refractivity contribution in [2.45, 2.75) is 47.0 Å². The van der Waals surface area contributed by atoms with Crippen LogP contribution in [0.2, 0.25) is 0 Å². The lowest BCUT2D eigenvalue weighted by Gasteiger charge is -2.30. The summed E-state index contributed by atoms with van der Waals surface area (Å²) in [7, 11) is 0. The van der Waals surface area contributed by atoms with Crippen LogP contribution >= 0.6 is 0 Å². The Morgan fingerprint density at radius 2 is 1.81 bits per heavy atom. The number of rotatable bonds is 0. The molecule has 4 heteroatoms. The number of hydrogen-bond donors (Lipinski definition) is 1. The lowest BCUT2D eigenvalue weighted by Crippen LogP contribution is -2.36. The van der Waals surface area contributed by atoms with E-state index in [1.54, 1.807) is 12.1 Å². The molecule has 0 radical (unpaired) electrons. The topological polar surface area (TPSA) is 63.6 Å². The van der Waals surface area contributed by atoms with Crippen molar-refractivity contribution in [1.29, 1.82) is 0 Å². The average Bonchev–Trinajstić information content (AvgIpc) is 2.90. The summed E-state index contributed by atoms with van der Waals surface area (Å²) in [6.45, 7) is 8.20. The predicted octanol–water partition coefficient (Wildman–Crippen LogP) is 3.51. The number of ketones is 1. The Labute approximate surface area is 126 Å². The van der Waals surface area contributed by atoms with Crippen LogP contribution in [0.15, 0.2) is 18.2 Å². The fourth-order valence-electron chi connectivity index (χ4n) is 2.69. The number of esters is 1. The monoisotopic (exact) mass is 292 g/mol. The number of phenols is 1. The molecule has 0 aromatic heterocycles. The molecule has 1 N–H and O–H groups in total. The number of aryl methyl sites for hydroxylation is 1. The van der Waals surface area contributed by atoms with Crippen molar-refractivity contribution < 1.29 is 19.4 Å². The van der Waals surface area contributed by atoms with Crippen molar-refractivity contribution in [3.63, 3.8) is 0 Å². The van der Waals surface area contributed by atoms with Gasteiger partial charge in [-0.1, -0.05) is 27.7 Å². The Morgan fingerprint density at radius 1 is 1.14 bits per heavy atom. The van der Waals surface area contributed by atoms with E-state index in [0.29, 0.717) is 18.4 Å². The molecule has 1 aromatic carbocycles. The second kappa shape index (κ2) is 7.25. The van der Waals surface area contributed by atoms with Crippen LogP contribution in [0.5, 0.6) is 5.75 Å². The average molecular weight is 292 g/mol. The zero-order valence-corrected chi connectivity index (χ0v) is 13.2. The number of ether oxygens (including phenoxy) is 1. The van der Waals surface area contributed by atoms with Gasteiger partial charge in [0, 0.05) is 5.56 Å². The third-order valence-electron chi connectivity index (χ3n) is 3.68. The van der Waals surface area contributed by atoms with Crippen molar-refractivity contribution in [3.05, 3.63) is 29.3 Å². The Hall–Kier alpha value is -1.84. The predicted molar refractivity (Wildman–Crippen MR) is 81.5 cm³/mol. The Kier molecular flexibility index (Phi) is 5.94. The highest BCUT2D eigenvalue weighted by Crippen LogP contribution is 2.42. The van der Waals surface area contributed by atoms with Crippen LogP contribution in [-0.4, -0.2) is 23.5 Å². The third-order valence-corrected chi connectivity index (χ3v) is 3.68. The summed E-state index contributed by atoms with van der Waals surface area (Å²) in [5, 5.41) is 9.38. The van der Waals surface area contributed by atoms with Gasteiger partial charge < -0.3 is 9.84 Å². The fourth-order valence-corrected chi connectivity index (χ4v) is 2.69. The Balaban J connectivity index is 0.000000510. The van der Waals surface area contributed by atoms with E-state index in [1.165, 1.54) is 6.07 Å². The number of aromatic hydroxyl groups is 1. The number of carbonyl (C=O) groups is 2. The molecule has 0 amide bonds. The fraction of sp³-hybridized carbons (Fsp3) is 0.529. The lowest BCUT2D eigenvalue weighted by molar-refractivity contribution is -0.137. The van der Waals surface area contributed by atoms with Gasteiger partial charge in [0.2, 0.25) is 0 Å². The maximum absolute atomic E-state index is 12.4.